The van der Waals surface area contributed by atoms with Gasteiger partial charge in [-0.3, -0.25) is 4.79 Å². The van der Waals surface area contributed by atoms with E-state index in [9.17, 15) is 9.90 Å². The standard InChI is InChI=1S/C9H18N2O2/c1-2-7(12)5-11-8(13)9(6-10)3-4-9/h7,12H,2-6,10H2,1H3,(H,11,13). The largest absolute Gasteiger partial charge is 0.391 e. The minimum Gasteiger partial charge on any atom is -0.391 e. The SMILES string of the molecule is CCC(O)CNC(=O)C1(CN)CC1. The van der Waals surface area contributed by atoms with Crippen LogP contribution >= 0.6 is 0 Å². The van der Waals surface area contributed by atoms with E-state index in [1.165, 1.54) is 0 Å². The van der Waals surface area contributed by atoms with Gasteiger partial charge in [-0.25, -0.2) is 0 Å². The third-order valence-electron chi connectivity index (χ3n) is 2.70. The molecule has 0 spiro atoms. The molecule has 0 saturated heterocycles. The lowest BCUT2D eigenvalue weighted by molar-refractivity contribution is -0.126. The molecule has 1 amide bonds. The molecular weight excluding hydrogens is 168 g/mol. The zero-order chi connectivity index (χ0) is 9.90. The van der Waals surface area contributed by atoms with Gasteiger partial charge in [-0.15, -0.1) is 0 Å². The molecule has 1 atom stereocenters. The molecule has 1 aliphatic carbocycles. The number of rotatable bonds is 5. The van der Waals surface area contributed by atoms with E-state index < -0.39 is 6.10 Å². The van der Waals surface area contributed by atoms with Gasteiger partial charge in [0, 0.05) is 13.1 Å². The number of amides is 1. The van der Waals surface area contributed by atoms with Crippen LogP contribution in [0.4, 0.5) is 0 Å². The first-order chi connectivity index (χ1) is 6.14. The van der Waals surface area contributed by atoms with Crippen molar-refractivity contribution in [3.05, 3.63) is 0 Å². The summed E-state index contributed by atoms with van der Waals surface area (Å²) in [5.74, 6) is 0.00231. The molecule has 0 aromatic rings. The third-order valence-corrected chi connectivity index (χ3v) is 2.70. The Morgan fingerprint density at radius 2 is 2.31 bits per heavy atom. The molecule has 0 heterocycles. The number of hydrogen-bond acceptors (Lipinski definition) is 3. The van der Waals surface area contributed by atoms with Gasteiger partial charge in [-0.2, -0.15) is 0 Å². The summed E-state index contributed by atoms with van der Waals surface area (Å²) in [7, 11) is 0. The minimum atomic E-state index is -0.433. The van der Waals surface area contributed by atoms with Crippen LogP contribution in [0.5, 0.6) is 0 Å². The first kappa shape index (κ1) is 10.5. The first-order valence-corrected chi connectivity index (χ1v) is 4.81. The summed E-state index contributed by atoms with van der Waals surface area (Å²) in [5.41, 5.74) is 5.19. The smallest absolute Gasteiger partial charge is 0.227 e. The number of carbonyl (C=O) groups is 1. The normalized spacial score (nSPS) is 20.8. The maximum atomic E-state index is 11.5. The van der Waals surface area contributed by atoms with Crippen LogP contribution in [0.1, 0.15) is 26.2 Å². The Kier molecular flexibility index (Phi) is 3.27. The summed E-state index contributed by atoms with van der Waals surface area (Å²) in [6, 6.07) is 0. The van der Waals surface area contributed by atoms with Crippen molar-refractivity contribution in [3.8, 4) is 0 Å². The lowest BCUT2D eigenvalue weighted by Crippen LogP contribution is -2.40. The summed E-state index contributed by atoms with van der Waals surface area (Å²) in [6.45, 7) is 2.64. The minimum absolute atomic E-state index is 0.00231. The number of aliphatic hydroxyl groups is 1. The number of aliphatic hydroxyl groups excluding tert-OH is 1. The van der Waals surface area contributed by atoms with Crippen LogP contribution in [-0.4, -0.2) is 30.2 Å². The number of nitrogens with two attached hydrogens (primary N) is 1. The molecule has 0 aromatic heterocycles. The van der Waals surface area contributed by atoms with Crippen LogP contribution in [0.15, 0.2) is 0 Å². The van der Waals surface area contributed by atoms with E-state index >= 15 is 0 Å². The molecule has 0 radical (unpaired) electrons. The van der Waals surface area contributed by atoms with Crippen molar-refractivity contribution >= 4 is 5.91 Å². The monoisotopic (exact) mass is 186 g/mol. The van der Waals surface area contributed by atoms with E-state index in [-0.39, 0.29) is 11.3 Å². The van der Waals surface area contributed by atoms with E-state index in [0.717, 1.165) is 12.8 Å². The summed E-state index contributed by atoms with van der Waals surface area (Å²) < 4.78 is 0. The van der Waals surface area contributed by atoms with Crippen molar-refractivity contribution in [2.75, 3.05) is 13.1 Å². The molecule has 0 bridgehead atoms. The van der Waals surface area contributed by atoms with E-state index in [1.807, 2.05) is 6.92 Å². The van der Waals surface area contributed by atoms with Crippen LogP contribution in [0, 0.1) is 5.41 Å². The van der Waals surface area contributed by atoms with Crippen LogP contribution in [0.25, 0.3) is 0 Å². The van der Waals surface area contributed by atoms with Crippen molar-refractivity contribution in [1.29, 1.82) is 0 Å². The average molecular weight is 186 g/mol. The van der Waals surface area contributed by atoms with Gasteiger partial charge in [0.15, 0.2) is 0 Å². The second-order valence-corrected chi connectivity index (χ2v) is 3.76. The number of carbonyl (C=O) groups excluding carboxylic acids is 1. The molecule has 4 nitrogen and oxygen atoms in total. The molecule has 1 unspecified atom stereocenters. The fourth-order valence-corrected chi connectivity index (χ4v) is 1.22. The maximum absolute atomic E-state index is 11.5. The van der Waals surface area contributed by atoms with Gasteiger partial charge in [0.05, 0.1) is 11.5 Å². The van der Waals surface area contributed by atoms with E-state index in [1.54, 1.807) is 0 Å². The Balaban J connectivity index is 2.26. The summed E-state index contributed by atoms with van der Waals surface area (Å²) in [6.07, 6.45) is 2.00. The Morgan fingerprint density at radius 1 is 1.69 bits per heavy atom. The average Bonchev–Trinajstić information content (AvgIpc) is 2.94. The molecular formula is C9H18N2O2. The molecule has 1 rings (SSSR count). The lowest BCUT2D eigenvalue weighted by Gasteiger charge is -2.14. The predicted molar refractivity (Wildman–Crippen MR) is 50.0 cm³/mol. The Labute approximate surface area is 78.5 Å². The second kappa shape index (κ2) is 4.07. The van der Waals surface area contributed by atoms with Crippen LogP contribution in [0.3, 0.4) is 0 Å². The van der Waals surface area contributed by atoms with Crippen LogP contribution < -0.4 is 11.1 Å². The molecule has 1 aliphatic rings. The topological polar surface area (TPSA) is 75.3 Å². The van der Waals surface area contributed by atoms with Gasteiger partial charge in [-0.1, -0.05) is 6.92 Å². The lowest BCUT2D eigenvalue weighted by atomic mass is 10.1. The van der Waals surface area contributed by atoms with Gasteiger partial charge < -0.3 is 16.2 Å². The van der Waals surface area contributed by atoms with Crippen molar-refractivity contribution in [3.63, 3.8) is 0 Å². The molecule has 1 saturated carbocycles. The maximum Gasteiger partial charge on any atom is 0.227 e. The Morgan fingerprint density at radius 3 is 2.69 bits per heavy atom. The highest BCUT2D eigenvalue weighted by Gasteiger charge is 2.48. The quantitative estimate of drug-likeness (QED) is 0.547. The highest BCUT2D eigenvalue weighted by molar-refractivity contribution is 5.85. The summed E-state index contributed by atoms with van der Waals surface area (Å²) in [4.78, 5) is 11.5. The molecule has 76 valence electrons. The fourth-order valence-electron chi connectivity index (χ4n) is 1.22. The van der Waals surface area contributed by atoms with Crippen LogP contribution in [0.2, 0.25) is 0 Å². The highest BCUT2D eigenvalue weighted by Crippen LogP contribution is 2.44. The number of hydrogen-bond donors (Lipinski definition) is 3. The highest BCUT2D eigenvalue weighted by atomic mass is 16.3. The molecule has 1 fully saturated rings. The van der Waals surface area contributed by atoms with E-state index in [0.29, 0.717) is 19.5 Å². The first-order valence-electron chi connectivity index (χ1n) is 4.81. The zero-order valence-electron chi connectivity index (χ0n) is 8.05. The zero-order valence-corrected chi connectivity index (χ0v) is 8.05. The molecule has 0 aliphatic heterocycles. The van der Waals surface area contributed by atoms with Crippen molar-refractivity contribution in [1.82, 2.24) is 5.32 Å². The Hall–Kier alpha value is -0.610. The van der Waals surface area contributed by atoms with Crippen LogP contribution in [-0.2, 0) is 4.79 Å². The molecule has 4 N–H and O–H groups in total. The van der Waals surface area contributed by atoms with Crippen molar-refractivity contribution < 1.29 is 9.90 Å². The summed E-state index contributed by atoms with van der Waals surface area (Å²) >= 11 is 0. The molecule has 4 heteroatoms. The van der Waals surface area contributed by atoms with Gasteiger partial charge in [0.2, 0.25) is 5.91 Å². The van der Waals surface area contributed by atoms with Crippen molar-refractivity contribution in [2.45, 2.75) is 32.3 Å². The van der Waals surface area contributed by atoms with E-state index in [4.69, 9.17) is 5.73 Å². The predicted octanol–water partition coefficient (Wildman–Crippen LogP) is -0.388. The third kappa shape index (κ3) is 2.42. The van der Waals surface area contributed by atoms with Gasteiger partial charge in [0.1, 0.15) is 0 Å². The number of nitrogens with one attached hydrogen (secondary N) is 1. The van der Waals surface area contributed by atoms with Gasteiger partial charge in [0.25, 0.3) is 0 Å². The van der Waals surface area contributed by atoms with E-state index in [2.05, 4.69) is 5.32 Å². The fraction of sp³-hybridized carbons (Fsp3) is 0.889. The van der Waals surface area contributed by atoms with Crippen molar-refractivity contribution in [2.24, 2.45) is 11.1 Å². The molecule has 0 aromatic carbocycles. The molecule has 13 heavy (non-hydrogen) atoms. The van der Waals surface area contributed by atoms with Gasteiger partial charge >= 0.3 is 0 Å². The van der Waals surface area contributed by atoms with Gasteiger partial charge in [-0.05, 0) is 19.3 Å². The Bertz CT molecular complexity index is 190. The second-order valence-electron chi connectivity index (χ2n) is 3.76. The summed E-state index contributed by atoms with van der Waals surface area (Å²) in [5, 5.41) is 11.9.